The van der Waals surface area contributed by atoms with Crippen molar-refractivity contribution >= 4 is 15.9 Å². The van der Waals surface area contributed by atoms with Crippen LogP contribution in [0.15, 0.2) is 35.4 Å². The number of alkyl halides is 3. The van der Waals surface area contributed by atoms with Crippen molar-refractivity contribution in [2.45, 2.75) is 36.0 Å². The number of sulfonamides is 1. The molecule has 1 amide bonds. The molecule has 160 valence electrons. The van der Waals surface area contributed by atoms with Crippen LogP contribution in [-0.4, -0.2) is 64.1 Å². The summed E-state index contributed by atoms with van der Waals surface area (Å²) < 4.78 is 67.1. The highest BCUT2D eigenvalue weighted by Crippen LogP contribution is 2.51. The summed E-state index contributed by atoms with van der Waals surface area (Å²) >= 11 is 0. The van der Waals surface area contributed by atoms with E-state index in [2.05, 4.69) is 15.4 Å². The molecule has 2 aromatic rings. The lowest BCUT2D eigenvalue weighted by atomic mass is 9.82. The molecule has 0 unspecified atom stereocenters. The Morgan fingerprint density at radius 1 is 1.13 bits per heavy atom. The summed E-state index contributed by atoms with van der Waals surface area (Å²) in [6.45, 7) is 0.790. The van der Waals surface area contributed by atoms with Crippen LogP contribution in [0.25, 0.3) is 0 Å². The zero-order chi connectivity index (χ0) is 21.3. The van der Waals surface area contributed by atoms with Gasteiger partial charge in [-0.05, 0) is 42.9 Å². The molecule has 3 fully saturated rings. The van der Waals surface area contributed by atoms with E-state index in [0.717, 1.165) is 12.1 Å². The van der Waals surface area contributed by atoms with E-state index >= 15 is 0 Å². The van der Waals surface area contributed by atoms with Gasteiger partial charge >= 0.3 is 6.18 Å². The van der Waals surface area contributed by atoms with Crippen molar-refractivity contribution < 1.29 is 26.4 Å². The summed E-state index contributed by atoms with van der Waals surface area (Å²) in [6, 6.07) is 3.23. The average Bonchev–Trinajstić information content (AvgIpc) is 3.48. The lowest BCUT2D eigenvalue weighted by Gasteiger charge is -2.26. The first-order valence-corrected chi connectivity index (χ1v) is 11.0. The molecule has 3 aliphatic heterocycles. The van der Waals surface area contributed by atoms with E-state index < -0.39 is 21.8 Å². The van der Waals surface area contributed by atoms with Crippen LogP contribution in [0.1, 0.15) is 28.9 Å². The van der Waals surface area contributed by atoms with Crippen molar-refractivity contribution in [3.05, 3.63) is 41.7 Å². The van der Waals surface area contributed by atoms with Crippen LogP contribution in [-0.2, 0) is 16.2 Å². The van der Waals surface area contributed by atoms with Crippen LogP contribution in [0.3, 0.4) is 0 Å². The van der Waals surface area contributed by atoms with Gasteiger partial charge in [0.2, 0.25) is 10.0 Å². The number of nitrogens with zero attached hydrogens (tertiary/aromatic N) is 4. The molecular formula is C18H18F3N5O3S. The molecule has 8 nitrogen and oxygen atoms in total. The third-order valence-electron chi connectivity index (χ3n) is 6.47. The predicted octanol–water partition coefficient (Wildman–Crippen LogP) is 1.75. The minimum atomic E-state index is -4.62. The molecule has 4 atom stereocenters. The van der Waals surface area contributed by atoms with Crippen molar-refractivity contribution in [2.75, 3.05) is 13.1 Å². The monoisotopic (exact) mass is 441 g/mol. The zero-order valence-electron chi connectivity index (χ0n) is 15.6. The molecule has 1 aromatic heterocycles. The van der Waals surface area contributed by atoms with Gasteiger partial charge in [-0.25, -0.2) is 8.42 Å². The van der Waals surface area contributed by atoms with Gasteiger partial charge in [0.1, 0.15) is 0 Å². The first kappa shape index (κ1) is 19.5. The Morgan fingerprint density at radius 2 is 1.80 bits per heavy atom. The highest BCUT2D eigenvalue weighted by Gasteiger charge is 2.60. The Balaban J connectivity index is 1.41. The number of hydrogen-bond donors (Lipinski definition) is 1. The molecule has 3 aliphatic rings. The number of aromatic amines is 1. The van der Waals surface area contributed by atoms with Gasteiger partial charge in [0, 0.05) is 25.2 Å². The standard InChI is InChI=1S/C18H18F3N5O3S/c19-18(20,21)10-2-1-3-11(6-10)30(28,29)26-15-4-5-16(26)13-9-25(8-12(13)15)17(27)14-7-22-24-23-14/h1-3,6-7,12-13,15-16H,4-5,8-9H2,(H,22,23,24)/t12-,13+,15-,16+. The predicted molar refractivity (Wildman–Crippen MR) is 96.5 cm³/mol. The quantitative estimate of drug-likeness (QED) is 0.783. The minimum absolute atomic E-state index is 0.0415. The number of aromatic nitrogens is 3. The third-order valence-corrected chi connectivity index (χ3v) is 8.42. The van der Waals surface area contributed by atoms with E-state index in [-0.39, 0.29) is 40.4 Å². The number of rotatable bonds is 3. The summed E-state index contributed by atoms with van der Waals surface area (Å²) in [6.07, 6.45) is -1.94. The van der Waals surface area contributed by atoms with Gasteiger partial charge in [0.05, 0.1) is 16.7 Å². The fraction of sp³-hybridized carbons (Fsp3) is 0.500. The zero-order valence-corrected chi connectivity index (χ0v) is 16.4. The fourth-order valence-electron chi connectivity index (χ4n) is 5.26. The number of carbonyl (C=O) groups is 1. The number of benzene rings is 1. The van der Waals surface area contributed by atoms with Gasteiger partial charge in [-0.1, -0.05) is 11.3 Å². The molecule has 3 saturated heterocycles. The van der Waals surface area contributed by atoms with Gasteiger partial charge in [-0.2, -0.15) is 17.5 Å². The van der Waals surface area contributed by atoms with E-state index in [1.54, 1.807) is 4.90 Å². The van der Waals surface area contributed by atoms with Crippen molar-refractivity contribution in [2.24, 2.45) is 11.8 Å². The number of nitrogens with one attached hydrogen (secondary N) is 1. The maximum atomic E-state index is 13.3. The smallest absolute Gasteiger partial charge is 0.336 e. The van der Waals surface area contributed by atoms with Crippen LogP contribution in [0.5, 0.6) is 0 Å². The Hall–Kier alpha value is -2.47. The summed E-state index contributed by atoms with van der Waals surface area (Å²) in [5.41, 5.74) is -0.782. The maximum absolute atomic E-state index is 13.3. The largest absolute Gasteiger partial charge is 0.416 e. The van der Waals surface area contributed by atoms with Crippen LogP contribution in [0.2, 0.25) is 0 Å². The van der Waals surface area contributed by atoms with Crippen LogP contribution < -0.4 is 0 Å². The van der Waals surface area contributed by atoms with Crippen molar-refractivity contribution in [3.8, 4) is 0 Å². The van der Waals surface area contributed by atoms with Gasteiger partial charge in [0.25, 0.3) is 5.91 Å². The van der Waals surface area contributed by atoms with Gasteiger partial charge < -0.3 is 4.90 Å². The molecule has 0 aliphatic carbocycles. The third kappa shape index (κ3) is 2.84. The van der Waals surface area contributed by atoms with E-state index in [1.165, 1.54) is 16.6 Å². The summed E-state index contributed by atoms with van der Waals surface area (Å²) in [5, 5.41) is 9.77. The van der Waals surface area contributed by atoms with Crippen molar-refractivity contribution in [3.63, 3.8) is 0 Å². The molecule has 0 saturated carbocycles. The Bertz CT molecular complexity index is 1070. The second kappa shape index (κ2) is 6.51. The van der Waals surface area contributed by atoms with E-state index in [9.17, 15) is 26.4 Å². The number of carbonyl (C=O) groups excluding carboxylic acids is 1. The maximum Gasteiger partial charge on any atom is 0.416 e. The highest BCUT2D eigenvalue weighted by atomic mass is 32.2. The van der Waals surface area contributed by atoms with Crippen LogP contribution >= 0.6 is 0 Å². The van der Waals surface area contributed by atoms with Gasteiger partial charge in [-0.3, -0.25) is 9.89 Å². The van der Waals surface area contributed by atoms with Crippen LogP contribution in [0, 0.1) is 11.8 Å². The number of hydrogen-bond acceptors (Lipinski definition) is 5. The summed E-state index contributed by atoms with van der Waals surface area (Å²) in [7, 11) is -4.08. The lowest BCUT2D eigenvalue weighted by Crippen LogP contribution is -2.41. The molecule has 1 aromatic carbocycles. The van der Waals surface area contributed by atoms with E-state index in [0.29, 0.717) is 32.0 Å². The number of likely N-dealkylation sites (tertiary alicyclic amines) is 1. The molecular weight excluding hydrogens is 423 g/mol. The first-order valence-electron chi connectivity index (χ1n) is 9.54. The highest BCUT2D eigenvalue weighted by molar-refractivity contribution is 7.89. The number of H-pyrrole nitrogens is 1. The SMILES string of the molecule is O=C(c1c[nH]nn1)N1C[C@@H]2[C@H](C1)[C@@H]1CC[C@H]2N1S(=O)(=O)c1cccc(C(F)(F)F)c1. The number of fused-ring (bicyclic) bond motifs is 5. The summed E-state index contributed by atoms with van der Waals surface area (Å²) in [4.78, 5) is 13.9. The number of halogens is 3. The van der Waals surface area contributed by atoms with Crippen molar-refractivity contribution in [1.29, 1.82) is 0 Å². The molecule has 1 N–H and O–H groups in total. The van der Waals surface area contributed by atoms with E-state index in [1.807, 2.05) is 0 Å². The average molecular weight is 441 g/mol. The molecule has 0 radical (unpaired) electrons. The second-order valence-corrected chi connectivity index (χ2v) is 9.81. The first-order chi connectivity index (χ1) is 14.2. The molecule has 4 heterocycles. The molecule has 5 rings (SSSR count). The second-order valence-electron chi connectivity index (χ2n) is 7.97. The fourth-order valence-corrected chi connectivity index (χ4v) is 7.27. The van der Waals surface area contributed by atoms with Crippen LogP contribution in [0.4, 0.5) is 13.2 Å². The molecule has 2 bridgehead atoms. The van der Waals surface area contributed by atoms with Crippen molar-refractivity contribution in [1.82, 2.24) is 24.6 Å². The molecule has 12 heteroatoms. The number of amides is 1. The Kier molecular flexibility index (Phi) is 4.23. The Morgan fingerprint density at radius 3 is 2.37 bits per heavy atom. The molecule has 0 spiro atoms. The van der Waals surface area contributed by atoms with Gasteiger partial charge in [0.15, 0.2) is 5.69 Å². The molecule has 30 heavy (non-hydrogen) atoms. The van der Waals surface area contributed by atoms with E-state index in [4.69, 9.17) is 0 Å². The minimum Gasteiger partial charge on any atom is -0.336 e. The topological polar surface area (TPSA) is 99.3 Å². The Labute approximate surface area is 170 Å². The van der Waals surface area contributed by atoms with Gasteiger partial charge in [-0.15, -0.1) is 5.10 Å². The normalized spacial score (nSPS) is 28.8. The summed E-state index contributed by atoms with van der Waals surface area (Å²) in [5.74, 6) is -0.342. The lowest BCUT2D eigenvalue weighted by molar-refractivity contribution is -0.137.